The SMILES string of the molecule is NC(=O)C1(c2ccc(NC(=O)c3ccc(F)cc3Cl)cc2)NC=NC1C(=O)NCCN1CC[C@@H](F)C1. The molecule has 2 aromatic carbocycles. The lowest BCUT2D eigenvalue weighted by atomic mass is 9.82. The number of hydrogen-bond donors (Lipinski definition) is 4. The average molecular weight is 519 g/mol. The van der Waals surface area contributed by atoms with E-state index in [1.807, 2.05) is 4.90 Å². The van der Waals surface area contributed by atoms with Gasteiger partial charge in [-0.3, -0.25) is 24.3 Å². The van der Waals surface area contributed by atoms with Gasteiger partial charge in [-0.1, -0.05) is 23.7 Å². The molecule has 1 fully saturated rings. The Labute approximate surface area is 211 Å². The highest BCUT2D eigenvalue weighted by atomic mass is 35.5. The Morgan fingerprint density at radius 3 is 2.61 bits per heavy atom. The van der Waals surface area contributed by atoms with Gasteiger partial charge in [-0.2, -0.15) is 0 Å². The molecular weight excluding hydrogens is 494 g/mol. The third-order valence-corrected chi connectivity index (χ3v) is 6.59. The molecule has 2 heterocycles. The fourth-order valence-corrected chi connectivity index (χ4v) is 4.62. The number of rotatable bonds is 8. The normalized spacial score (nSPS) is 23.3. The summed E-state index contributed by atoms with van der Waals surface area (Å²) in [5.41, 5.74) is 4.93. The summed E-state index contributed by atoms with van der Waals surface area (Å²) >= 11 is 5.95. The minimum Gasteiger partial charge on any atom is -0.367 e. The number of nitrogens with zero attached hydrogens (tertiary/aromatic N) is 2. The van der Waals surface area contributed by atoms with Crippen molar-refractivity contribution < 1.29 is 23.2 Å². The molecule has 5 N–H and O–H groups in total. The Morgan fingerprint density at radius 2 is 1.97 bits per heavy atom. The highest BCUT2D eigenvalue weighted by Gasteiger charge is 2.52. The fraction of sp³-hybridized carbons (Fsp3) is 0.333. The molecule has 190 valence electrons. The maximum atomic E-state index is 13.3. The lowest BCUT2D eigenvalue weighted by Gasteiger charge is -2.31. The Hall–Kier alpha value is -3.57. The summed E-state index contributed by atoms with van der Waals surface area (Å²) in [6.07, 6.45) is 0.880. The van der Waals surface area contributed by atoms with Gasteiger partial charge in [0.2, 0.25) is 5.91 Å². The molecule has 2 aromatic rings. The lowest BCUT2D eigenvalue weighted by Crippen LogP contribution is -2.60. The van der Waals surface area contributed by atoms with Gasteiger partial charge in [-0.05, 0) is 42.3 Å². The quantitative estimate of drug-likeness (QED) is 0.422. The van der Waals surface area contributed by atoms with E-state index in [1.54, 1.807) is 12.1 Å². The number of halogens is 3. The highest BCUT2D eigenvalue weighted by molar-refractivity contribution is 6.34. The van der Waals surface area contributed by atoms with E-state index in [2.05, 4.69) is 20.9 Å². The molecule has 0 aliphatic carbocycles. The number of anilines is 1. The number of nitrogens with one attached hydrogen (secondary N) is 3. The Balaban J connectivity index is 1.45. The molecule has 3 amide bonds. The van der Waals surface area contributed by atoms with E-state index in [0.29, 0.717) is 37.3 Å². The standard InChI is InChI=1S/C24H25ClF2N6O3/c25-19-11-15(26)3-6-18(19)21(34)32-17-4-1-14(2-5-17)24(23(28)36)20(30-13-31-24)22(35)29-8-10-33-9-7-16(27)12-33/h1-6,11,13,16,20H,7-10,12H2,(H2,28,36)(H,29,35)(H,30,31)(H,32,34)/t16-,20?,24?/m1/s1. The molecule has 12 heteroatoms. The number of alkyl halides is 1. The average Bonchev–Trinajstić information content (AvgIpc) is 3.46. The molecule has 2 unspecified atom stereocenters. The predicted molar refractivity (Wildman–Crippen MR) is 131 cm³/mol. The summed E-state index contributed by atoms with van der Waals surface area (Å²) in [6.45, 7) is 1.71. The number of benzene rings is 2. The Morgan fingerprint density at radius 1 is 1.22 bits per heavy atom. The van der Waals surface area contributed by atoms with Crippen LogP contribution in [-0.2, 0) is 15.1 Å². The van der Waals surface area contributed by atoms with Crippen molar-refractivity contribution in [3.8, 4) is 0 Å². The van der Waals surface area contributed by atoms with Gasteiger partial charge < -0.3 is 21.7 Å². The first-order valence-corrected chi connectivity index (χ1v) is 11.7. The minimum absolute atomic E-state index is 0.0350. The topological polar surface area (TPSA) is 129 Å². The third kappa shape index (κ3) is 5.17. The van der Waals surface area contributed by atoms with Gasteiger partial charge in [0.05, 0.1) is 16.9 Å². The predicted octanol–water partition coefficient (Wildman–Crippen LogP) is 1.57. The molecule has 2 aliphatic rings. The molecule has 36 heavy (non-hydrogen) atoms. The number of amides is 3. The summed E-state index contributed by atoms with van der Waals surface area (Å²) in [5.74, 6) is -2.43. The lowest BCUT2D eigenvalue weighted by molar-refractivity contribution is -0.131. The van der Waals surface area contributed by atoms with Crippen LogP contribution in [0.3, 0.4) is 0 Å². The first-order chi connectivity index (χ1) is 17.2. The first kappa shape index (κ1) is 25.5. The number of primary amides is 1. The zero-order chi connectivity index (χ0) is 25.9. The van der Waals surface area contributed by atoms with E-state index < -0.39 is 41.3 Å². The van der Waals surface area contributed by atoms with Crippen LogP contribution in [-0.4, -0.2) is 67.4 Å². The highest BCUT2D eigenvalue weighted by Crippen LogP contribution is 2.31. The molecule has 0 radical (unpaired) electrons. The van der Waals surface area contributed by atoms with Crippen LogP contribution in [0, 0.1) is 5.82 Å². The van der Waals surface area contributed by atoms with E-state index in [4.69, 9.17) is 17.3 Å². The van der Waals surface area contributed by atoms with Crippen molar-refractivity contribution in [1.29, 1.82) is 0 Å². The van der Waals surface area contributed by atoms with E-state index in [9.17, 15) is 23.2 Å². The molecule has 9 nitrogen and oxygen atoms in total. The van der Waals surface area contributed by atoms with Gasteiger partial charge >= 0.3 is 0 Å². The molecule has 0 spiro atoms. The van der Waals surface area contributed by atoms with Gasteiger partial charge in [0.25, 0.3) is 11.8 Å². The number of nitrogens with two attached hydrogens (primary N) is 1. The summed E-state index contributed by atoms with van der Waals surface area (Å²) in [5, 5.41) is 8.19. The van der Waals surface area contributed by atoms with Crippen LogP contribution in [0.4, 0.5) is 14.5 Å². The van der Waals surface area contributed by atoms with Crippen LogP contribution in [0.2, 0.25) is 5.02 Å². The Bertz CT molecular complexity index is 1190. The summed E-state index contributed by atoms with van der Waals surface area (Å²) < 4.78 is 26.6. The largest absolute Gasteiger partial charge is 0.367 e. The maximum Gasteiger partial charge on any atom is 0.257 e. The molecule has 2 aliphatic heterocycles. The zero-order valence-corrected chi connectivity index (χ0v) is 19.9. The van der Waals surface area contributed by atoms with Gasteiger partial charge in [0.15, 0.2) is 11.6 Å². The summed E-state index contributed by atoms with van der Waals surface area (Å²) in [4.78, 5) is 44.1. The van der Waals surface area contributed by atoms with Crippen LogP contribution >= 0.6 is 11.6 Å². The molecular formula is C24H25ClF2N6O3. The van der Waals surface area contributed by atoms with Crippen molar-refractivity contribution in [3.05, 3.63) is 64.4 Å². The van der Waals surface area contributed by atoms with Crippen LogP contribution in [0.1, 0.15) is 22.3 Å². The maximum absolute atomic E-state index is 13.3. The molecule has 1 saturated heterocycles. The van der Waals surface area contributed by atoms with Gasteiger partial charge in [-0.15, -0.1) is 0 Å². The number of carbonyl (C=O) groups is 3. The second-order valence-corrected chi connectivity index (χ2v) is 9.04. The van der Waals surface area contributed by atoms with Crippen molar-refractivity contribution >= 4 is 41.3 Å². The zero-order valence-electron chi connectivity index (χ0n) is 19.1. The third-order valence-electron chi connectivity index (χ3n) is 6.28. The molecule has 3 atom stereocenters. The number of likely N-dealkylation sites (tertiary alicyclic amines) is 1. The van der Waals surface area contributed by atoms with Crippen molar-refractivity contribution in [1.82, 2.24) is 15.5 Å². The molecule has 0 aromatic heterocycles. The molecule has 0 bridgehead atoms. The van der Waals surface area contributed by atoms with Crippen molar-refractivity contribution in [2.75, 3.05) is 31.5 Å². The molecule has 0 saturated carbocycles. The number of hydrogen-bond acceptors (Lipinski definition) is 6. The monoisotopic (exact) mass is 518 g/mol. The van der Waals surface area contributed by atoms with Crippen LogP contribution < -0.4 is 21.7 Å². The van der Waals surface area contributed by atoms with E-state index in [0.717, 1.165) is 12.1 Å². The Kier molecular flexibility index (Phi) is 7.51. The van der Waals surface area contributed by atoms with E-state index >= 15 is 0 Å². The smallest absolute Gasteiger partial charge is 0.257 e. The minimum atomic E-state index is -1.63. The second kappa shape index (κ2) is 10.6. The van der Waals surface area contributed by atoms with Crippen LogP contribution in [0.25, 0.3) is 0 Å². The summed E-state index contributed by atoms with van der Waals surface area (Å²) in [7, 11) is 0. The summed E-state index contributed by atoms with van der Waals surface area (Å²) in [6, 6.07) is 8.42. The second-order valence-electron chi connectivity index (χ2n) is 8.63. The van der Waals surface area contributed by atoms with Crippen molar-refractivity contribution in [3.63, 3.8) is 0 Å². The van der Waals surface area contributed by atoms with E-state index in [-0.39, 0.29) is 17.1 Å². The van der Waals surface area contributed by atoms with Crippen molar-refractivity contribution in [2.45, 2.75) is 24.2 Å². The first-order valence-electron chi connectivity index (χ1n) is 11.3. The van der Waals surface area contributed by atoms with E-state index in [1.165, 1.54) is 24.5 Å². The van der Waals surface area contributed by atoms with Crippen LogP contribution in [0.15, 0.2) is 47.5 Å². The number of aliphatic imine (C=N–C) groups is 1. The van der Waals surface area contributed by atoms with Crippen LogP contribution in [0.5, 0.6) is 0 Å². The molecule has 4 rings (SSSR count). The van der Waals surface area contributed by atoms with Crippen molar-refractivity contribution in [2.24, 2.45) is 10.7 Å². The van der Waals surface area contributed by atoms with Gasteiger partial charge in [0, 0.05) is 31.9 Å². The van der Waals surface area contributed by atoms with Gasteiger partial charge in [0.1, 0.15) is 12.0 Å². The number of carbonyl (C=O) groups excluding carboxylic acids is 3. The fourth-order valence-electron chi connectivity index (χ4n) is 4.37. The van der Waals surface area contributed by atoms with Gasteiger partial charge in [-0.25, -0.2) is 8.78 Å².